The molecule has 3 aromatic heterocycles. The Hall–Kier alpha value is -2.90. The van der Waals surface area contributed by atoms with Crippen LogP contribution in [0.5, 0.6) is 0 Å². The fraction of sp³-hybridized carbons (Fsp3) is 0.200. The number of aromatic amines is 1. The van der Waals surface area contributed by atoms with Gasteiger partial charge >= 0.3 is 0 Å². The summed E-state index contributed by atoms with van der Waals surface area (Å²) >= 11 is 0. The van der Waals surface area contributed by atoms with E-state index in [1.807, 2.05) is 26.0 Å². The monoisotopic (exact) mass is 314 g/mol. The Morgan fingerprint density at radius 3 is 2.83 bits per heavy atom. The van der Waals surface area contributed by atoms with Gasteiger partial charge in [0.2, 0.25) is 5.82 Å². The Balaban J connectivity index is 2.04. The molecule has 1 N–H and O–H groups in total. The smallest absolute Gasteiger partial charge is 0.278 e. The lowest BCUT2D eigenvalue weighted by Gasteiger charge is -2.08. The van der Waals surface area contributed by atoms with Crippen molar-refractivity contribution in [3.63, 3.8) is 0 Å². The highest BCUT2D eigenvalue weighted by atomic mass is 19.3. The molecule has 0 saturated carbocycles. The average molecular weight is 314 g/mol. The maximum atomic E-state index is 12.9. The van der Waals surface area contributed by atoms with Crippen molar-refractivity contribution >= 4 is 16.6 Å². The zero-order chi connectivity index (χ0) is 16.1. The van der Waals surface area contributed by atoms with E-state index in [0.29, 0.717) is 16.9 Å². The van der Waals surface area contributed by atoms with Crippen LogP contribution in [0.2, 0.25) is 0 Å². The summed E-state index contributed by atoms with van der Waals surface area (Å²) < 4.78 is 27.1. The van der Waals surface area contributed by atoms with Gasteiger partial charge in [-0.2, -0.15) is 5.10 Å². The maximum Gasteiger partial charge on any atom is 0.299 e. The molecular weight excluding hydrogens is 302 g/mol. The van der Waals surface area contributed by atoms with Gasteiger partial charge in [0.25, 0.3) is 6.43 Å². The number of halogens is 2. The second-order valence-electron chi connectivity index (χ2n) is 5.37. The molecule has 4 rings (SSSR count). The fourth-order valence-corrected chi connectivity index (χ4v) is 2.77. The summed E-state index contributed by atoms with van der Waals surface area (Å²) in [5.41, 5.74) is 4.56. The normalized spacial score (nSPS) is 11.9. The summed E-state index contributed by atoms with van der Waals surface area (Å²) in [6, 6.07) is 3.90. The van der Waals surface area contributed by atoms with Crippen LogP contribution in [0.25, 0.3) is 27.7 Å². The predicted molar refractivity (Wildman–Crippen MR) is 80.3 cm³/mol. The van der Waals surface area contributed by atoms with Crippen molar-refractivity contribution in [2.75, 3.05) is 0 Å². The number of hydrogen-bond acceptors (Lipinski definition) is 4. The van der Waals surface area contributed by atoms with Crippen molar-refractivity contribution in [1.29, 1.82) is 0 Å². The van der Waals surface area contributed by atoms with Crippen molar-refractivity contribution in [1.82, 2.24) is 29.8 Å². The van der Waals surface area contributed by atoms with Crippen molar-refractivity contribution in [3.05, 3.63) is 41.7 Å². The van der Waals surface area contributed by atoms with E-state index in [0.717, 1.165) is 22.0 Å². The van der Waals surface area contributed by atoms with E-state index in [4.69, 9.17) is 0 Å². The molecule has 0 saturated heterocycles. The quantitative estimate of drug-likeness (QED) is 0.616. The van der Waals surface area contributed by atoms with Gasteiger partial charge in [0.1, 0.15) is 6.33 Å². The summed E-state index contributed by atoms with van der Waals surface area (Å²) in [5.74, 6) is -0.500. The molecule has 0 aliphatic rings. The van der Waals surface area contributed by atoms with E-state index in [1.54, 1.807) is 6.20 Å². The Labute approximate surface area is 129 Å². The van der Waals surface area contributed by atoms with Crippen LogP contribution in [0.4, 0.5) is 8.78 Å². The Morgan fingerprint density at radius 2 is 2.04 bits per heavy atom. The van der Waals surface area contributed by atoms with Gasteiger partial charge < -0.3 is 0 Å². The molecule has 3 heterocycles. The Bertz CT molecular complexity index is 1030. The highest BCUT2D eigenvalue weighted by Crippen LogP contribution is 2.31. The van der Waals surface area contributed by atoms with Crippen molar-refractivity contribution < 1.29 is 8.78 Å². The zero-order valence-electron chi connectivity index (χ0n) is 12.4. The molecule has 0 amide bonds. The molecule has 4 aromatic rings. The highest BCUT2D eigenvalue weighted by Gasteiger charge is 2.19. The van der Waals surface area contributed by atoms with Crippen LogP contribution in [0.15, 0.2) is 24.7 Å². The van der Waals surface area contributed by atoms with Crippen LogP contribution >= 0.6 is 0 Å². The largest absolute Gasteiger partial charge is 0.299 e. The molecule has 6 nitrogen and oxygen atoms in total. The summed E-state index contributed by atoms with van der Waals surface area (Å²) in [6.45, 7) is 3.78. The van der Waals surface area contributed by atoms with Crippen molar-refractivity contribution in [2.24, 2.45) is 0 Å². The molecule has 0 bridgehead atoms. The molecule has 0 fully saturated rings. The third kappa shape index (κ3) is 2.06. The number of nitrogens with zero attached hydrogens (tertiary/aromatic N) is 5. The number of fused-ring (bicyclic) bond motifs is 2. The van der Waals surface area contributed by atoms with E-state index >= 15 is 0 Å². The second kappa shape index (κ2) is 4.80. The first kappa shape index (κ1) is 13.7. The van der Waals surface area contributed by atoms with Crippen LogP contribution < -0.4 is 0 Å². The molecule has 1 aromatic carbocycles. The number of nitrogens with one attached hydrogen (secondary N) is 1. The number of benzene rings is 1. The first-order chi connectivity index (χ1) is 11.0. The Kier molecular flexibility index (Phi) is 2.87. The van der Waals surface area contributed by atoms with E-state index in [2.05, 4.69) is 25.3 Å². The first-order valence-corrected chi connectivity index (χ1v) is 6.98. The van der Waals surface area contributed by atoms with E-state index < -0.39 is 12.2 Å². The van der Waals surface area contributed by atoms with Crippen LogP contribution in [0, 0.1) is 13.8 Å². The van der Waals surface area contributed by atoms with E-state index in [-0.39, 0.29) is 0 Å². The molecule has 0 unspecified atom stereocenters. The van der Waals surface area contributed by atoms with Gasteiger partial charge in [-0.05, 0) is 37.1 Å². The number of H-pyrrole nitrogens is 1. The van der Waals surface area contributed by atoms with Crippen molar-refractivity contribution in [3.8, 4) is 11.1 Å². The summed E-state index contributed by atoms with van der Waals surface area (Å²) in [6.07, 6.45) is 0.403. The third-order valence-electron chi connectivity index (χ3n) is 3.82. The molecule has 0 atom stereocenters. The third-order valence-corrected chi connectivity index (χ3v) is 3.82. The molecule has 0 aliphatic heterocycles. The zero-order valence-corrected chi connectivity index (χ0v) is 12.4. The molecule has 0 radical (unpaired) electrons. The topological polar surface area (TPSA) is 71.8 Å². The fourth-order valence-electron chi connectivity index (χ4n) is 2.77. The maximum absolute atomic E-state index is 12.9. The second-order valence-corrected chi connectivity index (χ2v) is 5.37. The predicted octanol–water partition coefficient (Wildman–Crippen LogP) is 3.22. The molecule has 8 heteroatoms. The minimum absolute atomic E-state index is 0.370. The van der Waals surface area contributed by atoms with Crippen LogP contribution in [-0.2, 0) is 0 Å². The van der Waals surface area contributed by atoms with Gasteiger partial charge in [0.05, 0.1) is 17.4 Å². The molecule has 0 spiro atoms. The number of alkyl halides is 2. The Morgan fingerprint density at radius 1 is 1.22 bits per heavy atom. The van der Waals surface area contributed by atoms with Crippen LogP contribution in [-0.4, -0.2) is 29.8 Å². The van der Waals surface area contributed by atoms with Gasteiger partial charge in [0.15, 0.2) is 5.65 Å². The first-order valence-electron chi connectivity index (χ1n) is 6.98. The number of hydrogen-bond donors (Lipinski definition) is 1. The van der Waals surface area contributed by atoms with E-state index in [9.17, 15) is 8.78 Å². The SMILES string of the molecule is Cc1ncn2nc(C(F)F)nc2c1-c1cc(C)c2[nH]ncc2c1. The lowest BCUT2D eigenvalue weighted by Crippen LogP contribution is -1.97. The number of rotatable bonds is 2. The number of aryl methyl sites for hydroxylation is 2. The van der Waals surface area contributed by atoms with Gasteiger partial charge in [-0.15, -0.1) is 5.10 Å². The van der Waals surface area contributed by atoms with Crippen LogP contribution in [0.3, 0.4) is 0 Å². The standard InChI is InChI=1S/C15H12F2N6/c1-7-3-9(4-10-5-19-21-12(7)10)11-8(2)18-6-23-15(11)20-14(22-23)13(16)17/h3-6,13H,1-2H3,(H,19,21). The van der Waals surface area contributed by atoms with Gasteiger partial charge in [-0.25, -0.2) is 23.3 Å². The van der Waals surface area contributed by atoms with Crippen molar-refractivity contribution in [2.45, 2.75) is 20.3 Å². The molecule has 23 heavy (non-hydrogen) atoms. The summed E-state index contributed by atoms with van der Waals surface area (Å²) in [5, 5.41) is 11.7. The lowest BCUT2D eigenvalue weighted by atomic mass is 10.0. The summed E-state index contributed by atoms with van der Waals surface area (Å²) in [4.78, 5) is 8.23. The van der Waals surface area contributed by atoms with Gasteiger partial charge in [-0.1, -0.05) is 0 Å². The van der Waals surface area contributed by atoms with Gasteiger partial charge in [0, 0.05) is 10.9 Å². The minimum Gasteiger partial charge on any atom is -0.278 e. The van der Waals surface area contributed by atoms with E-state index in [1.165, 1.54) is 10.8 Å². The molecule has 0 aliphatic carbocycles. The lowest BCUT2D eigenvalue weighted by molar-refractivity contribution is 0.140. The van der Waals surface area contributed by atoms with Crippen LogP contribution in [0.1, 0.15) is 23.5 Å². The highest BCUT2D eigenvalue weighted by molar-refractivity contribution is 5.90. The van der Waals surface area contributed by atoms with Gasteiger partial charge in [-0.3, -0.25) is 5.10 Å². The molecule has 116 valence electrons. The molecular formula is C15H12F2N6. The average Bonchev–Trinajstić information content (AvgIpc) is 3.13. The summed E-state index contributed by atoms with van der Waals surface area (Å²) in [7, 11) is 0. The number of aromatic nitrogens is 6. The minimum atomic E-state index is -2.72.